The normalized spacial score (nSPS) is 11.8. The Morgan fingerprint density at radius 2 is 1.69 bits per heavy atom. The molecule has 0 aromatic rings. The van der Waals surface area contributed by atoms with Crippen molar-refractivity contribution in [2.75, 3.05) is 6.61 Å². The molecule has 0 spiro atoms. The second-order valence-electron chi connectivity index (χ2n) is 2.62. The summed E-state index contributed by atoms with van der Waals surface area (Å²) < 4.78 is 39.0. The smallest absolute Gasteiger partial charge is 0.402 e. The van der Waals surface area contributed by atoms with E-state index in [1.165, 1.54) is 0 Å². The van der Waals surface area contributed by atoms with Crippen LogP contribution in [0.3, 0.4) is 0 Å². The van der Waals surface area contributed by atoms with Crippen molar-refractivity contribution in [2.24, 2.45) is 0 Å². The highest BCUT2D eigenvalue weighted by atomic mass is 19.4. The molecular formula is C6H12BF3O3. The predicted octanol–water partition coefficient (Wildman–Crippen LogP) is 1.10. The zero-order valence-corrected chi connectivity index (χ0v) is 7.05. The molecule has 0 aliphatic heterocycles. The van der Waals surface area contributed by atoms with Gasteiger partial charge in [-0.2, -0.15) is 13.2 Å². The van der Waals surface area contributed by atoms with Gasteiger partial charge in [-0.1, -0.05) is 6.42 Å². The van der Waals surface area contributed by atoms with Crippen molar-refractivity contribution in [1.29, 1.82) is 0 Å². The second-order valence-corrected chi connectivity index (χ2v) is 2.62. The SMILES string of the molecule is OB(O)OCCCCCC(F)(F)F. The first-order chi connectivity index (χ1) is 5.92. The fourth-order valence-electron chi connectivity index (χ4n) is 0.793. The van der Waals surface area contributed by atoms with Crippen molar-refractivity contribution < 1.29 is 27.9 Å². The lowest BCUT2D eigenvalue weighted by atomic mass is 10.2. The van der Waals surface area contributed by atoms with Gasteiger partial charge in [0.1, 0.15) is 0 Å². The fourth-order valence-corrected chi connectivity index (χ4v) is 0.793. The van der Waals surface area contributed by atoms with Crippen LogP contribution in [-0.2, 0) is 4.65 Å². The minimum absolute atomic E-state index is 0.0500. The van der Waals surface area contributed by atoms with Crippen LogP contribution in [0.5, 0.6) is 0 Å². The van der Waals surface area contributed by atoms with Gasteiger partial charge in [-0.15, -0.1) is 0 Å². The third-order valence-electron chi connectivity index (χ3n) is 1.37. The molecule has 0 amide bonds. The molecule has 78 valence electrons. The Morgan fingerprint density at radius 3 is 2.15 bits per heavy atom. The molecule has 0 bridgehead atoms. The largest absolute Gasteiger partial charge is 0.633 e. The summed E-state index contributed by atoms with van der Waals surface area (Å²) in [6.45, 7) is 0.0650. The van der Waals surface area contributed by atoms with Crippen LogP contribution in [0.15, 0.2) is 0 Å². The van der Waals surface area contributed by atoms with Crippen molar-refractivity contribution in [1.82, 2.24) is 0 Å². The molecule has 0 saturated carbocycles. The van der Waals surface area contributed by atoms with Crippen LogP contribution in [-0.4, -0.2) is 30.2 Å². The van der Waals surface area contributed by atoms with E-state index in [0.717, 1.165) is 0 Å². The van der Waals surface area contributed by atoms with E-state index in [9.17, 15) is 13.2 Å². The van der Waals surface area contributed by atoms with Gasteiger partial charge in [-0.25, -0.2) is 0 Å². The van der Waals surface area contributed by atoms with Gasteiger partial charge in [0.2, 0.25) is 0 Å². The van der Waals surface area contributed by atoms with Crippen LogP contribution in [0.4, 0.5) is 13.2 Å². The lowest BCUT2D eigenvalue weighted by Crippen LogP contribution is -2.17. The molecule has 0 saturated heterocycles. The molecule has 0 aromatic carbocycles. The summed E-state index contributed by atoms with van der Waals surface area (Å²) in [6.07, 6.45) is -4.08. The van der Waals surface area contributed by atoms with E-state index in [0.29, 0.717) is 12.8 Å². The number of alkyl halides is 3. The molecule has 0 aliphatic rings. The Kier molecular flexibility index (Phi) is 6.10. The average Bonchev–Trinajstić information content (AvgIpc) is 1.93. The third kappa shape index (κ3) is 11.7. The highest BCUT2D eigenvalue weighted by molar-refractivity contribution is 6.32. The lowest BCUT2D eigenvalue weighted by Gasteiger charge is -2.05. The Morgan fingerprint density at radius 1 is 1.08 bits per heavy atom. The molecule has 0 rings (SSSR count). The van der Waals surface area contributed by atoms with E-state index in [2.05, 4.69) is 4.65 Å². The van der Waals surface area contributed by atoms with E-state index in [4.69, 9.17) is 10.0 Å². The highest BCUT2D eigenvalue weighted by Crippen LogP contribution is 2.22. The van der Waals surface area contributed by atoms with Gasteiger partial charge in [-0.05, 0) is 12.8 Å². The topological polar surface area (TPSA) is 49.7 Å². The first-order valence-corrected chi connectivity index (χ1v) is 3.96. The van der Waals surface area contributed by atoms with Crippen LogP contribution >= 0.6 is 0 Å². The monoisotopic (exact) mass is 200 g/mol. The molecule has 0 radical (unpaired) electrons. The van der Waals surface area contributed by atoms with Gasteiger partial charge in [0.25, 0.3) is 0 Å². The molecule has 0 unspecified atom stereocenters. The molecule has 2 N–H and O–H groups in total. The summed E-state index contributed by atoms with van der Waals surface area (Å²) in [4.78, 5) is 0. The minimum Gasteiger partial charge on any atom is -0.402 e. The van der Waals surface area contributed by atoms with Gasteiger partial charge < -0.3 is 14.7 Å². The summed E-state index contributed by atoms with van der Waals surface area (Å²) in [6, 6.07) is 0. The molecule has 7 heteroatoms. The van der Waals surface area contributed by atoms with Crippen molar-refractivity contribution in [3.05, 3.63) is 0 Å². The maximum atomic E-state index is 11.6. The van der Waals surface area contributed by atoms with E-state index in [1.807, 2.05) is 0 Å². The summed E-state index contributed by atoms with van der Waals surface area (Å²) in [5, 5.41) is 16.4. The first-order valence-electron chi connectivity index (χ1n) is 3.96. The van der Waals surface area contributed by atoms with Crippen LogP contribution in [0.1, 0.15) is 25.7 Å². The van der Waals surface area contributed by atoms with Gasteiger partial charge in [0.05, 0.1) is 0 Å². The Labute approximate surface area is 74.7 Å². The maximum Gasteiger partial charge on any atom is 0.633 e. The van der Waals surface area contributed by atoms with Crippen molar-refractivity contribution in [3.63, 3.8) is 0 Å². The first kappa shape index (κ1) is 12.7. The van der Waals surface area contributed by atoms with Crippen molar-refractivity contribution in [3.8, 4) is 0 Å². The van der Waals surface area contributed by atoms with Gasteiger partial charge in [-0.3, -0.25) is 0 Å². The highest BCUT2D eigenvalue weighted by Gasteiger charge is 2.25. The standard InChI is InChI=1S/C6H12BF3O3/c8-6(9,10)4-2-1-3-5-13-7(11)12/h11-12H,1-5H2. The van der Waals surface area contributed by atoms with E-state index in [-0.39, 0.29) is 13.0 Å². The Bertz CT molecular complexity index is 129. The molecule has 0 aliphatic carbocycles. The molecule has 0 heterocycles. The summed E-state index contributed by atoms with van der Waals surface area (Å²) in [7, 11) is -1.83. The predicted molar refractivity (Wildman–Crippen MR) is 40.7 cm³/mol. The number of rotatable bonds is 6. The fraction of sp³-hybridized carbons (Fsp3) is 1.00. The van der Waals surface area contributed by atoms with E-state index < -0.39 is 19.9 Å². The number of hydrogen-bond donors (Lipinski definition) is 2. The molecular weight excluding hydrogens is 188 g/mol. The molecule has 0 atom stereocenters. The lowest BCUT2D eigenvalue weighted by molar-refractivity contribution is -0.135. The molecule has 0 aromatic heterocycles. The average molecular weight is 200 g/mol. The quantitative estimate of drug-likeness (QED) is 0.498. The van der Waals surface area contributed by atoms with Crippen molar-refractivity contribution >= 4 is 7.32 Å². The summed E-state index contributed by atoms with van der Waals surface area (Å²) in [5.74, 6) is 0. The zero-order chi connectivity index (χ0) is 10.3. The zero-order valence-electron chi connectivity index (χ0n) is 7.05. The van der Waals surface area contributed by atoms with Gasteiger partial charge in [0.15, 0.2) is 0 Å². The Balaban J connectivity index is 3.09. The van der Waals surface area contributed by atoms with E-state index >= 15 is 0 Å². The maximum absolute atomic E-state index is 11.6. The van der Waals surface area contributed by atoms with Crippen molar-refractivity contribution in [2.45, 2.75) is 31.9 Å². The number of hydrogen-bond acceptors (Lipinski definition) is 3. The minimum atomic E-state index is -4.10. The van der Waals surface area contributed by atoms with Crippen LogP contribution in [0.25, 0.3) is 0 Å². The van der Waals surface area contributed by atoms with Crippen LogP contribution in [0.2, 0.25) is 0 Å². The number of halogens is 3. The summed E-state index contributed by atoms with van der Waals surface area (Å²) in [5.41, 5.74) is 0. The second kappa shape index (κ2) is 6.23. The van der Waals surface area contributed by atoms with Gasteiger partial charge >= 0.3 is 13.5 Å². The molecule has 0 fully saturated rings. The summed E-state index contributed by atoms with van der Waals surface area (Å²) >= 11 is 0. The Hall–Kier alpha value is -0.265. The number of unbranched alkanes of at least 4 members (excludes halogenated alkanes) is 2. The van der Waals surface area contributed by atoms with E-state index in [1.54, 1.807) is 0 Å². The molecule has 3 nitrogen and oxygen atoms in total. The van der Waals surface area contributed by atoms with Gasteiger partial charge in [0, 0.05) is 13.0 Å². The van der Waals surface area contributed by atoms with Crippen LogP contribution < -0.4 is 0 Å². The van der Waals surface area contributed by atoms with Crippen LogP contribution in [0, 0.1) is 0 Å². The molecule has 13 heavy (non-hydrogen) atoms. The third-order valence-corrected chi connectivity index (χ3v) is 1.37.